The second-order valence-electron chi connectivity index (χ2n) is 4.25. The Kier molecular flexibility index (Phi) is 4.72. The van der Waals surface area contributed by atoms with Crippen LogP contribution >= 0.6 is 15.9 Å². The highest BCUT2D eigenvalue weighted by Crippen LogP contribution is 2.32. The largest absolute Gasteiger partial charge is 0.473 e. The molecule has 3 nitrogen and oxygen atoms in total. The number of alkyl halides is 3. The number of aromatic nitrogens is 1. The number of halogens is 4. The Bertz CT molecular complexity index is 632. The third-order valence-corrected chi connectivity index (χ3v) is 3.15. The van der Waals surface area contributed by atoms with Crippen molar-refractivity contribution >= 4 is 21.7 Å². The molecule has 0 saturated heterocycles. The van der Waals surface area contributed by atoms with Gasteiger partial charge in [-0.15, -0.1) is 0 Å². The second-order valence-corrected chi connectivity index (χ2v) is 5.16. The lowest BCUT2D eigenvalue weighted by Gasteiger charge is -2.12. The summed E-state index contributed by atoms with van der Waals surface area (Å²) >= 11 is 3.32. The Morgan fingerprint density at radius 3 is 2.62 bits per heavy atom. The molecule has 7 heteroatoms. The van der Waals surface area contributed by atoms with E-state index in [9.17, 15) is 13.2 Å². The summed E-state index contributed by atoms with van der Waals surface area (Å²) < 4.78 is 44.6. The Hall–Kier alpha value is -1.76. The van der Waals surface area contributed by atoms with Crippen LogP contribution in [0.15, 0.2) is 40.9 Å². The van der Waals surface area contributed by atoms with E-state index in [1.807, 2.05) is 24.3 Å². The van der Waals surface area contributed by atoms with Gasteiger partial charge in [0, 0.05) is 17.6 Å². The molecule has 0 fully saturated rings. The second kappa shape index (κ2) is 6.34. The normalized spacial score (nSPS) is 11.3. The average Bonchev–Trinajstić information content (AvgIpc) is 2.44. The van der Waals surface area contributed by atoms with Crippen LogP contribution in [0.4, 0.5) is 19.0 Å². The molecule has 0 bridgehead atoms. The summed E-state index contributed by atoms with van der Waals surface area (Å²) in [7, 11) is 1.50. The average molecular weight is 361 g/mol. The van der Waals surface area contributed by atoms with Gasteiger partial charge in [-0.05, 0) is 23.8 Å². The van der Waals surface area contributed by atoms with Gasteiger partial charge in [0.1, 0.15) is 12.4 Å². The number of benzene rings is 1. The molecular weight excluding hydrogens is 349 g/mol. The summed E-state index contributed by atoms with van der Waals surface area (Å²) in [5, 5.41) is 2.59. The SMILES string of the molecule is CNc1cc(C(F)(F)F)cc(OCc2cccc(Br)c2)n1. The van der Waals surface area contributed by atoms with Crippen molar-refractivity contribution < 1.29 is 17.9 Å². The highest BCUT2D eigenvalue weighted by molar-refractivity contribution is 9.10. The quantitative estimate of drug-likeness (QED) is 0.872. The molecule has 0 atom stereocenters. The number of anilines is 1. The monoisotopic (exact) mass is 360 g/mol. The molecule has 1 N–H and O–H groups in total. The first-order valence-corrected chi connectivity index (χ1v) is 6.82. The van der Waals surface area contributed by atoms with Crippen LogP contribution in [0.2, 0.25) is 0 Å². The summed E-state index contributed by atoms with van der Waals surface area (Å²) in [6, 6.07) is 9.14. The van der Waals surface area contributed by atoms with Crippen LogP contribution in [0.3, 0.4) is 0 Å². The number of nitrogens with zero attached hydrogens (tertiary/aromatic N) is 1. The Morgan fingerprint density at radius 2 is 2.00 bits per heavy atom. The molecule has 0 amide bonds. The van der Waals surface area contributed by atoms with Gasteiger partial charge >= 0.3 is 6.18 Å². The van der Waals surface area contributed by atoms with Crippen LogP contribution in [0.1, 0.15) is 11.1 Å². The van der Waals surface area contributed by atoms with Crippen molar-refractivity contribution in [1.82, 2.24) is 4.98 Å². The Labute approximate surface area is 128 Å². The maximum atomic E-state index is 12.8. The lowest BCUT2D eigenvalue weighted by atomic mass is 10.2. The van der Waals surface area contributed by atoms with Gasteiger partial charge in [-0.3, -0.25) is 0 Å². The summed E-state index contributed by atoms with van der Waals surface area (Å²) in [5.74, 6) is 0.0308. The van der Waals surface area contributed by atoms with Gasteiger partial charge in [-0.1, -0.05) is 28.1 Å². The van der Waals surface area contributed by atoms with Gasteiger partial charge in [0.2, 0.25) is 5.88 Å². The smallest absolute Gasteiger partial charge is 0.416 e. The number of pyridine rings is 1. The standard InChI is InChI=1S/C14H12BrF3N2O/c1-19-12-6-10(14(16,17)18)7-13(20-12)21-8-9-3-2-4-11(15)5-9/h2-7H,8H2,1H3,(H,19,20). The first-order valence-electron chi connectivity index (χ1n) is 6.03. The molecule has 0 unspecified atom stereocenters. The van der Waals surface area contributed by atoms with E-state index in [0.29, 0.717) is 0 Å². The minimum atomic E-state index is -4.44. The van der Waals surface area contributed by atoms with E-state index >= 15 is 0 Å². The molecule has 1 aromatic carbocycles. The van der Waals surface area contributed by atoms with Gasteiger partial charge in [0.25, 0.3) is 0 Å². The molecule has 0 aliphatic heterocycles. The van der Waals surface area contributed by atoms with Crippen LogP contribution < -0.4 is 10.1 Å². The van der Waals surface area contributed by atoms with Gasteiger partial charge in [0.05, 0.1) is 5.56 Å². The van der Waals surface area contributed by atoms with Crippen molar-refractivity contribution in [3.05, 3.63) is 52.0 Å². The van der Waals surface area contributed by atoms with Crippen molar-refractivity contribution in [2.75, 3.05) is 12.4 Å². The van der Waals surface area contributed by atoms with Crippen LogP contribution in [0, 0.1) is 0 Å². The highest BCUT2D eigenvalue weighted by Gasteiger charge is 2.31. The molecule has 0 saturated carbocycles. The van der Waals surface area contributed by atoms with Gasteiger partial charge in [-0.2, -0.15) is 18.2 Å². The molecule has 0 spiro atoms. The maximum absolute atomic E-state index is 12.8. The zero-order valence-corrected chi connectivity index (χ0v) is 12.6. The predicted octanol–water partition coefficient (Wildman–Crippen LogP) is 4.48. The first-order chi connectivity index (χ1) is 9.88. The fourth-order valence-electron chi connectivity index (χ4n) is 1.65. The fraction of sp³-hybridized carbons (Fsp3) is 0.214. The lowest BCUT2D eigenvalue weighted by molar-refractivity contribution is -0.137. The molecule has 2 rings (SSSR count). The van der Waals surface area contributed by atoms with Gasteiger partial charge in [0.15, 0.2) is 0 Å². The van der Waals surface area contributed by atoms with E-state index in [1.54, 1.807) is 0 Å². The lowest BCUT2D eigenvalue weighted by Crippen LogP contribution is -2.08. The third-order valence-electron chi connectivity index (χ3n) is 2.66. The van der Waals surface area contributed by atoms with Crippen molar-refractivity contribution in [2.24, 2.45) is 0 Å². The van der Waals surface area contributed by atoms with Gasteiger partial charge in [-0.25, -0.2) is 0 Å². The number of rotatable bonds is 4. The Morgan fingerprint density at radius 1 is 1.24 bits per heavy atom. The van der Waals surface area contributed by atoms with E-state index in [0.717, 1.165) is 22.2 Å². The molecule has 1 aromatic heterocycles. The van der Waals surface area contributed by atoms with E-state index < -0.39 is 11.7 Å². The van der Waals surface area contributed by atoms with Crippen LogP contribution in [0.25, 0.3) is 0 Å². The number of nitrogens with one attached hydrogen (secondary N) is 1. The maximum Gasteiger partial charge on any atom is 0.416 e. The van der Waals surface area contributed by atoms with Crippen molar-refractivity contribution in [3.63, 3.8) is 0 Å². The molecule has 1 heterocycles. The van der Waals surface area contributed by atoms with Crippen LogP contribution in [-0.2, 0) is 12.8 Å². The minimum Gasteiger partial charge on any atom is -0.473 e. The number of hydrogen-bond acceptors (Lipinski definition) is 3. The molecule has 21 heavy (non-hydrogen) atoms. The zero-order valence-electron chi connectivity index (χ0n) is 11.0. The molecule has 112 valence electrons. The minimum absolute atomic E-state index is 0.0749. The predicted molar refractivity (Wildman–Crippen MR) is 77.3 cm³/mol. The highest BCUT2D eigenvalue weighted by atomic mass is 79.9. The molecule has 2 aromatic rings. The molecule has 0 aliphatic rings. The zero-order chi connectivity index (χ0) is 15.5. The summed E-state index contributed by atoms with van der Waals surface area (Å²) in [6.07, 6.45) is -4.44. The summed E-state index contributed by atoms with van der Waals surface area (Å²) in [5.41, 5.74) is 0.0284. The third kappa shape index (κ3) is 4.35. The van der Waals surface area contributed by atoms with Crippen molar-refractivity contribution in [2.45, 2.75) is 12.8 Å². The van der Waals surface area contributed by atoms with E-state index in [4.69, 9.17) is 4.74 Å². The molecule has 0 aliphatic carbocycles. The van der Waals surface area contributed by atoms with E-state index in [1.165, 1.54) is 7.05 Å². The van der Waals surface area contributed by atoms with Crippen LogP contribution in [0.5, 0.6) is 5.88 Å². The first kappa shape index (κ1) is 15.6. The van der Waals surface area contributed by atoms with Gasteiger partial charge < -0.3 is 10.1 Å². The summed E-state index contributed by atoms with van der Waals surface area (Å²) in [6.45, 7) is 0.136. The van der Waals surface area contributed by atoms with Crippen molar-refractivity contribution in [3.8, 4) is 5.88 Å². The van der Waals surface area contributed by atoms with E-state index in [-0.39, 0.29) is 18.3 Å². The fourth-order valence-corrected chi connectivity index (χ4v) is 2.10. The molecular formula is C14H12BrF3N2O. The Balaban J connectivity index is 2.19. The molecule has 0 radical (unpaired) electrons. The number of hydrogen-bond donors (Lipinski definition) is 1. The van der Waals surface area contributed by atoms with Crippen molar-refractivity contribution in [1.29, 1.82) is 0 Å². The van der Waals surface area contributed by atoms with E-state index in [2.05, 4.69) is 26.2 Å². The summed E-state index contributed by atoms with van der Waals surface area (Å²) in [4.78, 5) is 3.96. The topological polar surface area (TPSA) is 34.1 Å². The number of ether oxygens (including phenoxy) is 1. The van der Waals surface area contributed by atoms with Crippen LogP contribution in [-0.4, -0.2) is 12.0 Å².